The zero-order valence-electron chi connectivity index (χ0n) is 13.2. The van der Waals surface area contributed by atoms with Gasteiger partial charge in [0.25, 0.3) is 0 Å². The Bertz CT molecular complexity index is 863. The second kappa shape index (κ2) is 6.68. The Morgan fingerprint density at radius 3 is 2.58 bits per heavy atom. The smallest absolute Gasteiger partial charge is 0.244 e. The minimum absolute atomic E-state index is 0.0634. The topological polar surface area (TPSA) is 103 Å². The first-order chi connectivity index (χ1) is 11.5. The van der Waals surface area contributed by atoms with E-state index in [0.29, 0.717) is 44.4 Å². The lowest BCUT2D eigenvalue weighted by molar-refractivity contribution is 0.163. The first-order valence-corrected chi connectivity index (χ1v) is 8.95. The molecular formula is C15H17N5O3S. The summed E-state index contributed by atoms with van der Waals surface area (Å²) in [6, 6.07) is 8.21. The minimum Gasteiger partial charge on any atom is -0.338 e. The van der Waals surface area contributed by atoms with E-state index in [9.17, 15) is 8.42 Å². The molecule has 1 aromatic heterocycles. The summed E-state index contributed by atoms with van der Waals surface area (Å²) in [5, 5.41) is 12.9. The predicted octanol–water partition coefficient (Wildman–Crippen LogP) is 0.756. The highest BCUT2D eigenvalue weighted by molar-refractivity contribution is 7.89. The molecular weight excluding hydrogens is 330 g/mol. The molecule has 8 nitrogen and oxygen atoms in total. The van der Waals surface area contributed by atoms with Crippen LogP contribution in [0.25, 0.3) is 0 Å². The van der Waals surface area contributed by atoms with Crippen LogP contribution in [0, 0.1) is 18.3 Å². The van der Waals surface area contributed by atoms with E-state index in [4.69, 9.17) is 9.78 Å². The van der Waals surface area contributed by atoms with Crippen LogP contribution in [0.5, 0.6) is 0 Å². The van der Waals surface area contributed by atoms with Crippen LogP contribution in [0.4, 0.5) is 0 Å². The predicted molar refractivity (Wildman–Crippen MR) is 84.2 cm³/mol. The van der Waals surface area contributed by atoms with E-state index >= 15 is 0 Å². The highest BCUT2D eigenvalue weighted by Gasteiger charge is 2.30. The summed E-state index contributed by atoms with van der Waals surface area (Å²) in [7, 11) is -3.66. The summed E-state index contributed by atoms with van der Waals surface area (Å²) in [5.41, 5.74) is 0.168. The van der Waals surface area contributed by atoms with Gasteiger partial charge in [-0.15, -0.1) is 0 Å². The molecule has 9 heteroatoms. The fourth-order valence-electron chi connectivity index (χ4n) is 2.65. The van der Waals surface area contributed by atoms with Crippen molar-refractivity contribution >= 4 is 10.0 Å². The second-order valence-electron chi connectivity index (χ2n) is 5.52. The minimum atomic E-state index is -3.66. The number of piperazine rings is 1. The molecule has 0 spiro atoms. The molecule has 0 atom stereocenters. The molecule has 2 heterocycles. The SMILES string of the molecule is Cc1noc(CN2CCN(S(=O)(=O)c3ccccc3C#N)CC2)n1. The van der Waals surface area contributed by atoms with E-state index in [-0.39, 0.29) is 10.5 Å². The summed E-state index contributed by atoms with van der Waals surface area (Å²) in [6.45, 7) is 4.10. The van der Waals surface area contributed by atoms with Crippen LogP contribution in [0.2, 0.25) is 0 Å². The summed E-state index contributed by atoms with van der Waals surface area (Å²) >= 11 is 0. The zero-order chi connectivity index (χ0) is 17.2. The molecule has 0 unspecified atom stereocenters. The third-order valence-corrected chi connectivity index (χ3v) is 5.84. The lowest BCUT2D eigenvalue weighted by Gasteiger charge is -2.33. The van der Waals surface area contributed by atoms with Gasteiger partial charge in [-0.2, -0.15) is 14.6 Å². The molecule has 1 aromatic carbocycles. The number of hydrogen-bond donors (Lipinski definition) is 0. The maximum atomic E-state index is 12.8. The van der Waals surface area contributed by atoms with Crippen molar-refractivity contribution in [2.45, 2.75) is 18.4 Å². The van der Waals surface area contributed by atoms with Gasteiger partial charge in [-0.3, -0.25) is 4.90 Å². The molecule has 1 fully saturated rings. The molecule has 1 aliphatic heterocycles. The number of aromatic nitrogens is 2. The third kappa shape index (κ3) is 3.31. The maximum Gasteiger partial charge on any atom is 0.244 e. The van der Waals surface area contributed by atoms with Gasteiger partial charge in [0.15, 0.2) is 5.82 Å². The van der Waals surface area contributed by atoms with E-state index in [2.05, 4.69) is 15.0 Å². The fraction of sp³-hybridized carbons (Fsp3) is 0.400. The van der Waals surface area contributed by atoms with Crippen molar-refractivity contribution < 1.29 is 12.9 Å². The molecule has 1 saturated heterocycles. The average Bonchev–Trinajstić information content (AvgIpc) is 3.00. The number of nitriles is 1. The van der Waals surface area contributed by atoms with Crippen molar-refractivity contribution in [3.05, 3.63) is 41.5 Å². The highest BCUT2D eigenvalue weighted by atomic mass is 32.2. The van der Waals surface area contributed by atoms with Gasteiger partial charge in [-0.25, -0.2) is 8.42 Å². The maximum absolute atomic E-state index is 12.8. The van der Waals surface area contributed by atoms with Gasteiger partial charge >= 0.3 is 0 Å². The standard InChI is InChI=1S/C15H17N5O3S/c1-12-17-15(23-18-12)11-19-6-8-20(9-7-19)24(21,22)14-5-3-2-4-13(14)10-16/h2-5H,6-9,11H2,1H3. The molecule has 0 aliphatic carbocycles. The third-order valence-electron chi connectivity index (χ3n) is 3.89. The van der Waals surface area contributed by atoms with Crippen molar-refractivity contribution in [1.29, 1.82) is 5.26 Å². The largest absolute Gasteiger partial charge is 0.338 e. The van der Waals surface area contributed by atoms with Crippen LogP contribution < -0.4 is 0 Å². The molecule has 0 radical (unpaired) electrons. The summed E-state index contributed by atoms with van der Waals surface area (Å²) in [5.74, 6) is 1.11. The van der Waals surface area contributed by atoms with Crippen LogP contribution in [-0.2, 0) is 16.6 Å². The van der Waals surface area contributed by atoms with E-state index in [1.807, 2.05) is 6.07 Å². The Hall–Kier alpha value is -2.28. The quantitative estimate of drug-likeness (QED) is 0.804. The van der Waals surface area contributed by atoms with Gasteiger partial charge in [-0.1, -0.05) is 17.3 Å². The van der Waals surface area contributed by atoms with E-state index < -0.39 is 10.0 Å². The number of benzene rings is 1. The normalized spacial score (nSPS) is 16.8. The Labute approximate surface area is 140 Å². The van der Waals surface area contributed by atoms with Gasteiger partial charge in [0, 0.05) is 26.2 Å². The second-order valence-corrected chi connectivity index (χ2v) is 7.43. The van der Waals surface area contributed by atoms with Crippen LogP contribution in [0.3, 0.4) is 0 Å². The zero-order valence-corrected chi connectivity index (χ0v) is 14.0. The molecule has 0 N–H and O–H groups in total. The summed E-state index contributed by atoms with van der Waals surface area (Å²) in [6.07, 6.45) is 0. The Balaban J connectivity index is 1.68. The first kappa shape index (κ1) is 16.6. The molecule has 126 valence electrons. The monoisotopic (exact) mass is 347 g/mol. The fourth-order valence-corrected chi connectivity index (χ4v) is 4.21. The summed E-state index contributed by atoms with van der Waals surface area (Å²) in [4.78, 5) is 6.28. The highest BCUT2D eigenvalue weighted by Crippen LogP contribution is 2.21. The van der Waals surface area contributed by atoms with Crippen molar-refractivity contribution in [1.82, 2.24) is 19.3 Å². The van der Waals surface area contributed by atoms with E-state index in [1.54, 1.807) is 19.1 Å². The number of rotatable bonds is 4. The van der Waals surface area contributed by atoms with Gasteiger partial charge in [0.1, 0.15) is 6.07 Å². The molecule has 2 aromatic rings. The molecule has 0 bridgehead atoms. The molecule has 1 aliphatic rings. The van der Waals surface area contributed by atoms with Crippen LogP contribution in [0.15, 0.2) is 33.7 Å². The molecule has 0 saturated carbocycles. The lowest BCUT2D eigenvalue weighted by Crippen LogP contribution is -2.48. The van der Waals surface area contributed by atoms with Gasteiger partial charge in [0.05, 0.1) is 17.0 Å². The van der Waals surface area contributed by atoms with Gasteiger partial charge < -0.3 is 4.52 Å². The van der Waals surface area contributed by atoms with Crippen molar-refractivity contribution in [2.24, 2.45) is 0 Å². The Kier molecular flexibility index (Phi) is 4.62. The van der Waals surface area contributed by atoms with E-state index in [0.717, 1.165) is 0 Å². The molecule has 0 amide bonds. The van der Waals surface area contributed by atoms with Crippen LogP contribution in [0.1, 0.15) is 17.3 Å². The Morgan fingerprint density at radius 1 is 1.25 bits per heavy atom. The average molecular weight is 347 g/mol. The van der Waals surface area contributed by atoms with Crippen LogP contribution in [-0.4, -0.2) is 53.9 Å². The summed E-state index contributed by atoms with van der Waals surface area (Å²) < 4.78 is 32.0. The molecule has 3 rings (SSSR count). The first-order valence-electron chi connectivity index (χ1n) is 7.51. The number of sulfonamides is 1. The number of hydrogen-bond acceptors (Lipinski definition) is 7. The van der Waals surface area contributed by atoms with Gasteiger partial charge in [-0.05, 0) is 19.1 Å². The van der Waals surface area contributed by atoms with Crippen LogP contribution >= 0.6 is 0 Å². The molecule has 24 heavy (non-hydrogen) atoms. The lowest BCUT2D eigenvalue weighted by atomic mass is 10.2. The van der Waals surface area contributed by atoms with E-state index in [1.165, 1.54) is 16.4 Å². The van der Waals surface area contributed by atoms with Crippen molar-refractivity contribution in [3.8, 4) is 6.07 Å². The Morgan fingerprint density at radius 2 is 1.96 bits per heavy atom. The van der Waals surface area contributed by atoms with Crippen molar-refractivity contribution in [2.75, 3.05) is 26.2 Å². The van der Waals surface area contributed by atoms with Gasteiger partial charge in [0.2, 0.25) is 15.9 Å². The number of nitrogens with zero attached hydrogens (tertiary/aromatic N) is 5. The number of aryl methyl sites for hydroxylation is 1. The van der Waals surface area contributed by atoms with Crippen molar-refractivity contribution in [3.63, 3.8) is 0 Å².